The Bertz CT molecular complexity index is 230. The summed E-state index contributed by atoms with van der Waals surface area (Å²) in [7, 11) is 1.48. The molecule has 0 atom stereocenters. The van der Waals surface area contributed by atoms with Crippen LogP contribution in [0.25, 0.3) is 0 Å². The summed E-state index contributed by atoms with van der Waals surface area (Å²) >= 11 is 0. The molecule has 94 valence electrons. The second-order valence-corrected chi connectivity index (χ2v) is 5.58. The summed E-state index contributed by atoms with van der Waals surface area (Å²) in [6.45, 7) is 9.75. The van der Waals surface area contributed by atoms with Crippen LogP contribution in [0.3, 0.4) is 0 Å². The van der Waals surface area contributed by atoms with E-state index in [4.69, 9.17) is 4.74 Å². The molecule has 3 heteroatoms. The Hall–Kier alpha value is -0.570. The smallest absolute Gasteiger partial charge is 0.311 e. The molecule has 0 unspecified atom stereocenters. The van der Waals surface area contributed by atoms with E-state index in [1.807, 2.05) is 6.92 Å². The van der Waals surface area contributed by atoms with E-state index in [2.05, 4.69) is 18.7 Å². The summed E-state index contributed by atoms with van der Waals surface area (Å²) in [6.07, 6.45) is 3.10. The van der Waals surface area contributed by atoms with Crippen LogP contribution in [-0.2, 0) is 9.53 Å². The van der Waals surface area contributed by atoms with Crippen molar-refractivity contribution in [2.24, 2.45) is 11.3 Å². The van der Waals surface area contributed by atoms with E-state index >= 15 is 0 Å². The predicted molar refractivity (Wildman–Crippen MR) is 65.3 cm³/mol. The molecule has 1 fully saturated rings. The Morgan fingerprint density at radius 2 is 1.94 bits per heavy atom. The van der Waals surface area contributed by atoms with Gasteiger partial charge in [-0.25, -0.2) is 0 Å². The Labute approximate surface area is 99.1 Å². The SMILES string of the molecule is COC(=O)C1(C)CCN(CCC(C)C)CC1. The number of piperidine rings is 1. The first-order valence-electron chi connectivity index (χ1n) is 6.29. The van der Waals surface area contributed by atoms with Crippen molar-refractivity contribution < 1.29 is 9.53 Å². The van der Waals surface area contributed by atoms with Crippen molar-refractivity contribution in [1.82, 2.24) is 4.90 Å². The van der Waals surface area contributed by atoms with Gasteiger partial charge in [0.1, 0.15) is 0 Å². The lowest BCUT2D eigenvalue weighted by molar-refractivity contribution is -0.154. The summed E-state index contributed by atoms with van der Waals surface area (Å²) in [6, 6.07) is 0. The standard InChI is InChI=1S/C13H25NO2/c1-11(2)5-8-14-9-6-13(3,7-10-14)12(15)16-4/h11H,5-10H2,1-4H3. The normalized spacial score (nSPS) is 21.1. The van der Waals surface area contributed by atoms with Crippen molar-refractivity contribution >= 4 is 5.97 Å². The molecule has 1 aliphatic heterocycles. The van der Waals surface area contributed by atoms with Gasteiger partial charge in [0.15, 0.2) is 0 Å². The molecule has 3 nitrogen and oxygen atoms in total. The van der Waals surface area contributed by atoms with Crippen molar-refractivity contribution in [3.63, 3.8) is 0 Å². The van der Waals surface area contributed by atoms with Gasteiger partial charge in [-0.3, -0.25) is 4.79 Å². The molecule has 0 saturated carbocycles. The van der Waals surface area contributed by atoms with Crippen LogP contribution in [-0.4, -0.2) is 37.6 Å². The Balaban J connectivity index is 2.36. The first kappa shape index (κ1) is 13.5. The summed E-state index contributed by atoms with van der Waals surface area (Å²) < 4.78 is 4.87. The quantitative estimate of drug-likeness (QED) is 0.690. The van der Waals surface area contributed by atoms with Crippen molar-refractivity contribution in [2.45, 2.75) is 40.0 Å². The van der Waals surface area contributed by atoms with Gasteiger partial charge in [0.2, 0.25) is 0 Å². The van der Waals surface area contributed by atoms with Crippen LogP contribution >= 0.6 is 0 Å². The fourth-order valence-electron chi connectivity index (χ4n) is 2.16. The van der Waals surface area contributed by atoms with Gasteiger partial charge in [-0.2, -0.15) is 0 Å². The van der Waals surface area contributed by atoms with E-state index in [-0.39, 0.29) is 11.4 Å². The van der Waals surface area contributed by atoms with Crippen LogP contribution in [0.15, 0.2) is 0 Å². The molecule has 0 bridgehead atoms. The molecule has 0 aromatic heterocycles. The number of likely N-dealkylation sites (tertiary alicyclic amines) is 1. The number of nitrogens with zero attached hydrogens (tertiary/aromatic N) is 1. The van der Waals surface area contributed by atoms with Crippen LogP contribution < -0.4 is 0 Å². The summed E-state index contributed by atoms with van der Waals surface area (Å²) in [5, 5.41) is 0. The number of carbonyl (C=O) groups excluding carboxylic acids is 1. The minimum Gasteiger partial charge on any atom is -0.469 e. The van der Waals surface area contributed by atoms with Gasteiger partial charge in [0, 0.05) is 0 Å². The second kappa shape index (κ2) is 5.67. The monoisotopic (exact) mass is 227 g/mol. The maximum atomic E-state index is 11.6. The largest absolute Gasteiger partial charge is 0.469 e. The van der Waals surface area contributed by atoms with Crippen LogP contribution in [0.4, 0.5) is 0 Å². The number of hydrogen-bond donors (Lipinski definition) is 0. The first-order valence-corrected chi connectivity index (χ1v) is 6.29. The third-order valence-corrected chi connectivity index (χ3v) is 3.66. The van der Waals surface area contributed by atoms with Crippen molar-refractivity contribution in [2.75, 3.05) is 26.7 Å². The average Bonchev–Trinajstić information content (AvgIpc) is 2.27. The molecule has 0 amide bonds. The van der Waals surface area contributed by atoms with Crippen LogP contribution in [0, 0.1) is 11.3 Å². The number of ether oxygens (including phenoxy) is 1. The maximum Gasteiger partial charge on any atom is 0.311 e. The van der Waals surface area contributed by atoms with Gasteiger partial charge >= 0.3 is 5.97 Å². The van der Waals surface area contributed by atoms with E-state index in [9.17, 15) is 4.79 Å². The minimum atomic E-state index is -0.247. The fraction of sp³-hybridized carbons (Fsp3) is 0.923. The highest BCUT2D eigenvalue weighted by atomic mass is 16.5. The third kappa shape index (κ3) is 3.48. The molecule has 0 aromatic rings. The number of hydrogen-bond acceptors (Lipinski definition) is 3. The van der Waals surface area contributed by atoms with Gasteiger partial charge in [-0.15, -0.1) is 0 Å². The number of esters is 1. The molecule has 0 N–H and O–H groups in total. The van der Waals surface area contributed by atoms with E-state index in [1.54, 1.807) is 0 Å². The molecule has 16 heavy (non-hydrogen) atoms. The third-order valence-electron chi connectivity index (χ3n) is 3.66. The molecule has 1 saturated heterocycles. The molecular weight excluding hydrogens is 202 g/mol. The Morgan fingerprint density at radius 1 is 1.38 bits per heavy atom. The molecule has 0 radical (unpaired) electrons. The van der Waals surface area contributed by atoms with E-state index in [0.29, 0.717) is 0 Å². The Morgan fingerprint density at radius 3 is 2.38 bits per heavy atom. The lowest BCUT2D eigenvalue weighted by atomic mass is 9.80. The molecule has 0 spiro atoms. The summed E-state index contributed by atoms with van der Waals surface area (Å²) in [5.74, 6) is 0.713. The van der Waals surface area contributed by atoms with E-state index < -0.39 is 0 Å². The van der Waals surface area contributed by atoms with Gasteiger partial charge in [-0.1, -0.05) is 13.8 Å². The topological polar surface area (TPSA) is 29.5 Å². The van der Waals surface area contributed by atoms with Gasteiger partial charge in [0.25, 0.3) is 0 Å². The lowest BCUT2D eigenvalue weighted by Crippen LogP contribution is -2.43. The molecule has 1 rings (SSSR count). The number of carbonyl (C=O) groups is 1. The number of rotatable bonds is 4. The zero-order chi connectivity index (χ0) is 12.2. The fourth-order valence-corrected chi connectivity index (χ4v) is 2.16. The predicted octanol–water partition coefficient (Wildman–Crippen LogP) is 2.31. The summed E-state index contributed by atoms with van der Waals surface area (Å²) in [5.41, 5.74) is -0.247. The second-order valence-electron chi connectivity index (χ2n) is 5.58. The molecule has 0 aliphatic carbocycles. The maximum absolute atomic E-state index is 11.6. The number of methoxy groups -OCH3 is 1. The minimum absolute atomic E-state index is 0.0454. The highest BCUT2D eigenvalue weighted by Crippen LogP contribution is 2.32. The highest BCUT2D eigenvalue weighted by molar-refractivity contribution is 5.76. The van der Waals surface area contributed by atoms with Crippen molar-refractivity contribution in [1.29, 1.82) is 0 Å². The van der Waals surface area contributed by atoms with Crippen LogP contribution in [0.1, 0.15) is 40.0 Å². The molecule has 1 aliphatic rings. The van der Waals surface area contributed by atoms with Crippen molar-refractivity contribution in [3.05, 3.63) is 0 Å². The lowest BCUT2D eigenvalue weighted by Gasteiger charge is -2.37. The molecular formula is C13H25NO2. The van der Waals surface area contributed by atoms with Crippen LogP contribution in [0.2, 0.25) is 0 Å². The highest BCUT2D eigenvalue weighted by Gasteiger charge is 2.37. The first-order chi connectivity index (χ1) is 7.48. The van der Waals surface area contributed by atoms with Gasteiger partial charge in [-0.05, 0) is 51.7 Å². The van der Waals surface area contributed by atoms with Crippen LogP contribution in [0.5, 0.6) is 0 Å². The molecule has 0 aromatic carbocycles. The average molecular weight is 227 g/mol. The van der Waals surface area contributed by atoms with Crippen molar-refractivity contribution in [3.8, 4) is 0 Å². The summed E-state index contributed by atoms with van der Waals surface area (Å²) in [4.78, 5) is 14.1. The van der Waals surface area contributed by atoms with E-state index in [1.165, 1.54) is 13.5 Å². The molecule has 1 heterocycles. The van der Waals surface area contributed by atoms with E-state index in [0.717, 1.165) is 38.4 Å². The van der Waals surface area contributed by atoms with Gasteiger partial charge in [0.05, 0.1) is 12.5 Å². The zero-order valence-electron chi connectivity index (χ0n) is 11.1. The Kier molecular flexibility index (Phi) is 4.78. The van der Waals surface area contributed by atoms with Gasteiger partial charge < -0.3 is 9.64 Å². The zero-order valence-corrected chi connectivity index (χ0v) is 11.1.